The van der Waals surface area contributed by atoms with E-state index in [1.807, 2.05) is 0 Å². The van der Waals surface area contributed by atoms with Crippen molar-refractivity contribution < 1.29 is 0 Å². The van der Waals surface area contributed by atoms with E-state index in [2.05, 4.69) is 51.6 Å². The van der Waals surface area contributed by atoms with Crippen molar-refractivity contribution in [3.63, 3.8) is 0 Å². The quantitative estimate of drug-likeness (QED) is 0.584. The van der Waals surface area contributed by atoms with Gasteiger partial charge in [0.05, 0.1) is 0 Å². The third-order valence-corrected chi connectivity index (χ3v) is 2.71. The minimum Gasteiger partial charge on any atom is -0.317 e. The van der Waals surface area contributed by atoms with Crippen LogP contribution in [0.2, 0.25) is 0 Å². The number of hydrogen-bond acceptors (Lipinski definition) is 1. The Morgan fingerprint density at radius 2 is 1.71 bits per heavy atom. The minimum absolute atomic E-state index is 1.10. The maximum atomic E-state index is 3.43. The van der Waals surface area contributed by atoms with Gasteiger partial charge in [-0.15, -0.1) is 0 Å². The number of nitrogens with one attached hydrogen (secondary N) is 1. The number of alkyl halides is 1. The highest BCUT2D eigenvalue weighted by Crippen LogP contribution is 2.01. The van der Waals surface area contributed by atoms with Crippen molar-refractivity contribution in [2.24, 2.45) is 0 Å². The fourth-order valence-electron chi connectivity index (χ4n) is 1.38. The average molecular weight is 256 g/mol. The molecule has 0 aliphatic rings. The van der Waals surface area contributed by atoms with Crippen molar-refractivity contribution in [2.75, 3.05) is 18.4 Å². The predicted molar refractivity (Wildman–Crippen MR) is 66.0 cm³/mol. The second kappa shape index (κ2) is 8.01. The van der Waals surface area contributed by atoms with E-state index in [1.165, 1.54) is 24.8 Å². The third-order valence-electron chi connectivity index (χ3n) is 2.15. The van der Waals surface area contributed by atoms with E-state index >= 15 is 0 Å². The molecule has 1 nitrogen and oxygen atoms in total. The largest absolute Gasteiger partial charge is 0.317 e. The summed E-state index contributed by atoms with van der Waals surface area (Å²) >= 11 is 3.42. The van der Waals surface area contributed by atoms with Crippen molar-refractivity contribution in [1.29, 1.82) is 0 Å². The monoisotopic (exact) mass is 255 g/mol. The Balaban J connectivity index is 1.99. The molecule has 0 heterocycles. The van der Waals surface area contributed by atoms with Crippen LogP contribution < -0.4 is 5.32 Å². The Labute approximate surface area is 95.0 Å². The summed E-state index contributed by atoms with van der Waals surface area (Å²) in [4.78, 5) is 0. The normalized spacial score (nSPS) is 10.4. The fraction of sp³-hybridized carbons (Fsp3) is 0.500. The molecule has 0 fully saturated rings. The lowest BCUT2D eigenvalue weighted by Crippen LogP contribution is -2.17. The first kappa shape index (κ1) is 11.7. The molecule has 0 bridgehead atoms. The molecule has 0 unspecified atom stereocenters. The smallest absolute Gasteiger partial charge is 0.00433 e. The number of hydrogen-bond donors (Lipinski definition) is 1. The topological polar surface area (TPSA) is 12.0 Å². The summed E-state index contributed by atoms with van der Waals surface area (Å²) in [6.45, 7) is 2.25. The molecule has 1 N–H and O–H groups in total. The Morgan fingerprint density at radius 3 is 2.43 bits per heavy atom. The van der Waals surface area contributed by atoms with Gasteiger partial charge in [0.2, 0.25) is 0 Å². The van der Waals surface area contributed by atoms with E-state index in [0.29, 0.717) is 0 Å². The van der Waals surface area contributed by atoms with Crippen LogP contribution in [-0.2, 0) is 6.42 Å². The Hall–Kier alpha value is -0.340. The SMILES string of the molecule is BrCCCNCCCc1ccccc1. The maximum Gasteiger partial charge on any atom is 0.00433 e. The lowest BCUT2D eigenvalue weighted by molar-refractivity contribution is 0.643. The van der Waals surface area contributed by atoms with Crippen LogP contribution in [0.25, 0.3) is 0 Å². The Bertz CT molecular complexity index is 223. The first-order chi connectivity index (χ1) is 6.93. The number of aryl methyl sites for hydroxylation is 1. The number of benzene rings is 1. The molecule has 0 aliphatic heterocycles. The van der Waals surface area contributed by atoms with Crippen LogP contribution >= 0.6 is 15.9 Å². The van der Waals surface area contributed by atoms with Gasteiger partial charge in [0.1, 0.15) is 0 Å². The molecule has 0 amide bonds. The Kier molecular flexibility index (Phi) is 6.71. The summed E-state index contributed by atoms with van der Waals surface area (Å²) in [7, 11) is 0. The highest BCUT2D eigenvalue weighted by atomic mass is 79.9. The second-order valence-electron chi connectivity index (χ2n) is 3.38. The summed E-state index contributed by atoms with van der Waals surface area (Å²) in [5.74, 6) is 0. The molecule has 0 aromatic heterocycles. The molecule has 14 heavy (non-hydrogen) atoms. The van der Waals surface area contributed by atoms with E-state index in [9.17, 15) is 0 Å². The predicted octanol–water partition coefficient (Wildman–Crippen LogP) is 2.99. The van der Waals surface area contributed by atoms with Crippen molar-refractivity contribution in [3.8, 4) is 0 Å². The van der Waals surface area contributed by atoms with Crippen LogP contribution in [0.1, 0.15) is 18.4 Å². The second-order valence-corrected chi connectivity index (χ2v) is 4.17. The molecule has 1 rings (SSSR count). The molecule has 0 spiro atoms. The molecule has 0 atom stereocenters. The maximum absolute atomic E-state index is 3.43. The van der Waals surface area contributed by atoms with Crippen LogP contribution in [-0.4, -0.2) is 18.4 Å². The Morgan fingerprint density at radius 1 is 1.00 bits per heavy atom. The van der Waals surface area contributed by atoms with Crippen LogP contribution in [0.4, 0.5) is 0 Å². The third kappa shape index (κ3) is 5.40. The van der Waals surface area contributed by atoms with Gasteiger partial charge in [-0.25, -0.2) is 0 Å². The molecule has 0 saturated carbocycles. The van der Waals surface area contributed by atoms with Crippen LogP contribution in [0.3, 0.4) is 0 Å². The van der Waals surface area contributed by atoms with E-state index in [-0.39, 0.29) is 0 Å². The van der Waals surface area contributed by atoms with Crippen LogP contribution in [0, 0.1) is 0 Å². The molecular formula is C12H18BrN. The van der Waals surface area contributed by atoms with Gasteiger partial charge in [0.25, 0.3) is 0 Å². The first-order valence-electron chi connectivity index (χ1n) is 5.24. The minimum atomic E-state index is 1.10. The first-order valence-corrected chi connectivity index (χ1v) is 6.36. The molecule has 0 radical (unpaired) electrons. The van der Waals surface area contributed by atoms with Gasteiger partial charge < -0.3 is 5.32 Å². The molecule has 1 aromatic rings. The van der Waals surface area contributed by atoms with Crippen LogP contribution in [0.15, 0.2) is 30.3 Å². The van der Waals surface area contributed by atoms with Gasteiger partial charge in [0.15, 0.2) is 0 Å². The standard InChI is InChI=1S/C12H18BrN/c13-9-5-11-14-10-4-8-12-6-2-1-3-7-12/h1-3,6-7,14H,4-5,8-11H2. The summed E-state index contributed by atoms with van der Waals surface area (Å²) in [5.41, 5.74) is 1.44. The van der Waals surface area contributed by atoms with Crippen molar-refractivity contribution >= 4 is 15.9 Å². The lowest BCUT2D eigenvalue weighted by atomic mass is 10.1. The van der Waals surface area contributed by atoms with E-state index in [1.54, 1.807) is 0 Å². The number of halogens is 1. The average Bonchev–Trinajstić information content (AvgIpc) is 2.25. The molecule has 78 valence electrons. The van der Waals surface area contributed by atoms with Gasteiger partial charge in [-0.1, -0.05) is 46.3 Å². The lowest BCUT2D eigenvalue weighted by Gasteiger charge is -2.03. The van der Waals surface area contributed by atoms with Crippen molar-refractivity contribution in [3.05, 3.63) is 35.9 Å². The fourth-order valence-corrected chi connectivity index (χ4v) is 1.66. The molecule has 0 aliphatic carbocycles. The zero-order chi connectivity index (χ0) is 10.1. The number of rotatable bonds is 7. The molecular weight excluding hydrogens is 238 g/mol. The zero-order valence-corrected chi connectivity index (χ0v) is 10.1. The van der Waals surface area contributed by atoms with Crippen LogP contribution in [0.5, 0.6) is 0 Å². The van der Waals surface area contributed by atoms with Gasteiger partial charge >= 0.3 is 0 Å². The summed E-state index contributed by atoms with van der Waals surface area (Å²) in [5, 5.41) is 4.52. The van der Waals surface area contributed by atoms with Gasteiger partial charge in [-0.2, -0.15) is 0 Å². The highest BCUT2D eigenvalue weighted by molar-refractivity contribution is 9.09. The van der Waals surface area contributed by atoms with Crippen molar-refractivity contribution in [2.45, 2.75) is 19.3 Å². The molecule has 0 saturated heterocycles. The summed E-state index contributed by atoms with van der Waals surface area (Å²) in [6, 6.07) is 10.7. The van der Waals surface area contributed by atoms with E-state index in [0.717, 1.165) is 18.4 Å². The zero-order valence-electron chi connectivity index (χ0n) is 8.51. The van der Waals surface area contributed by atoms with Gasteiger partial charge in [-0.3, -0.25) is 0 Å². The summed E-state index contributed by atoms with van der Waals surface area (Å²) in [6.07, 6.45) is 3.62. The van der Waals surface area contributed by atoms with Crippen molar-refractivity contribution in [1.82, 2.24) is 5.32 Å². The molecule has 2 heteroatoms. The highest BCUT2D eigenvalue weighted by Gasteiger charge is 1.91. The van der Waals surface area contributed by atoms with Gasteiger partial charge in [-0.05, 0) is 37.9 Å². The van der Waals surface area contributed by atoms with E-state index in [4.69, 9.17) is 0 Å². The van der Waals surface area contributed by atoms with Gasteiger partial charge in [0, 0.05) is 5.33 Å². The summed E-state index contributed by atoms with van der Waals surface area (Å²) < 4.78 is 0. The van der Waals surface area contributed by atoms with E-state index < -0.39 is 0 Å². The molecule has 1 aromatic carbocycles.